The van der Waals surface area contributed by atoms with Crippen LogP contribution in [0.4, 0.5) is 4.39 Å². The van der Waals surface area contributed by atoms with Gasteiger partial charge in [0.05, 0.1) is 12.6 Å². The normalized spacial score (nSPS) is 19.4. The van der Waals surface area contributed by atoms with Gasteiger partial charge in [-0.2, -0.15) is 0 Å². The lowest BCUT2D eigenvalue weighted by atomic mass is 10.0. The summed E-state index contributed by atoms with van der Waals surface area (Å²) in [6.45, 7) is 6.81. The third-order valence-corrected chi connectivity index (χ3v) is 7.00. The van der Waals surface area contributed by atoms with Gasteiger partial charge in [0.15, 0.2) is 5.82 Å². The maximum atomic E-state index is 13.4. The molecule has 6 nitrogen and oxygen atoms in total. The van der Waals surface area contributed by atoms with Crippen molar-refractivity contribution >= 4 is 0 Å². The highest BCUT2D eigenvalue weighted by atomic mass is 19.1. The average molecular weight is 435 g/mol. The predicted molar refractivity (Wildman–Crippen MR) is 122 cm³/mol. The molecule has 2 aromatic carbocycles. The van der Waals surface area contributed by atoms with Crippen LogP contribution in [-0.2, 0) is 6.54 Å². The van der Waals surface area contributed by atoms with Crippen molar-refractivity contribution in [1.82, 2.24) is 30.0 Å². The SMILES string of the molecule is Cc1ccc(C(c2nnnn2Cc2ccc(F)cc2)N2CCN(C3CCCC3)CC2)cc1. The van der Waals surface area contributed by atoms with Gasteiger partial charge in [0.2, 0.25) is 0 Å². The van der Waals surface area contributed by atoms with Crippen LogP contribution in [0.3, 0.4) is 0 Å². The summed E-state index contributed by atoms with van der Waals surface area (Å²) < 4.78 is 15.2. The molecule has 168 valence electrons. The van der Waals surface area contributed by atoms with Gasteiger partial charge >= 0.3 is 0 Å². The van der Waals surface area contributed by atoms with Crippen molar-refractivity contribution in [1.29, 1.82) is 0 Å². The lowest BCUT2D eigenvalue weighted by Gasteiger charge is -2.41. The molecule has 0 bridgehead atoms. The first kappa shape index (κ1) is 21.2. The van der Waals surface area contributed by atoms with Gasteiger partial charge in [0, 0.05) is 32.2 Å². The summed E-state index contributed by atoms with van der Waals surface area (Å²) in [5.41, 5.74) is 3.43. The molecule has 0 radical (unpaired) electrons. The van der Waals surface area contributed by atoms with Gasteiger partial charge in [-0.3, -0.25) is 9.80 Å². The molecule has 1 atom stereocenters. The van der Waals surface area contributed by atoms with E-state index in [2.05, 4.69) is 56.5 Å². The highest BCUT2D eigenvalue weighted by Crippen LogP contribution is 2.31. The lowest BCUT2D eigenvalue weighted by Crippen LogP contribution is -2.51. The molecule has 0 N–H and O–H groups in total. The molecule has 32 heavy (non-hydrogen) atoms. The van der Waals surface area contributed by atoms with Gasteiger partial charge in [-0.1, -0.05) is 54.8 Å². The Morgan fingerprint density at radius 3 is 2.31 bits per heavy atom. The number of piperazine rings is 1. The molecular weight excluding hydrogens is 403 g/mol. The summed E-state index contributed by atoms with van der Waals surface area (Å²) in [6.07, 6.45) is 5.43. The third-order valence-electron chi connectivity index (χ3n) is 7.00. The van der Waals surface area contributed by atoms with Crippen LogP contribution in [0.1, 0.15) is 54.2 Å². The van der Waals surface area contributed by atoms with Crippen molar-refractivity contribution in [2.75, 3.05) is 26.2 Å². The van der Waals surface area contributed by atoms with Crippen LogP contribution in [-0.4, -0.2) is 62.2 Å². The molecule has 3 aromatic rings. The number of hydrogen-bond donors (Lipinski definition) is 0. The zero-order valence-corrected chi connectivity index (χ0v) is 18.7. The topological polar surface area (TPSA) is 50.1 Å². The van der Waals surface area contributed by atoms with E-state index in [9.17, 15) is 4.39 Å². The average Bonchev–Trinajstić information content (AvgIpc) is 3.50. The number of aromatic nitrogens is 4. The largest absolute Gasteiger partial charge is 0.298 e. The molecule has 1 saturated carbocycles. The Labute approximate surface area is 189 Å². The second kappa shape index (κ2) is 9.46. The molecular formula is C25H31FN6. The number of benzene rings is 2. The second-order valence-electron chi connectivity index (χ2n) is 9.14. The highest BCUT2D eigenvalue weighted by molar-refractivity contribution is 5.29. The zero-order valence-electron chi connectivity index (χ0n) is 18.7. The Morgan fingerprint density at radius 2 is 1.62 bits per heavy atom. The van der Waals surface area contributed by atoms with Gasteiger partial charge in [-0.25, -0.2) is 9.07 Å². The number of tetrazole rings is 1. The van der Waals surface area contributed by atoms with Crippen LogP contribution >= 0.6 is 0 Å². The van der Waals surface area contributed by atoms with E-state index in [0.29, 0.717) is 6.54 Å². The molecule has 0 amide bonds. The standard InChI is InChI=1S/C25H31FN6/c1-19-6-10-21(11-7-19)24(31-16-14-30(15-17-31)23-4-2-3-5-23)25-27-28-29-32(25)18-20-8-12-22(26)13-9-20/h6-13,23-24H,2-5,14-18H2,1H3. The van der Waals surface area contributed by atoms with Gasteiger partial charge in [-0.15, -0.1) is 5.10 Å². The monoisotopic (exact) mass is 434 g/mol. The minimum atomic E-state index is -0.233. The van der Waals surface area contributed by atoms with E-state index in [-0.39, 0.29) is 11.9 Å². The summed E-state index contributed by atoms with van der Waals surface area (Å²) >= 11 is 0. The molecule has 5 rings (SSSR count). The molecule has 1 aromatic heterocycles. The highest BCUT2D eigenvalue weighted by Gasteiger charge is 2.33. The van der Waals surface area contributed by atoms with E-state index >= 15 is 0 Å². The van der Waals surface area contributed by atoms with Crippen LogP contribution in [0.2, 0.25) is 0 Å². The number of hydrogen-bond acceptors (Lipinski definition) is 5. The predicted octanol–water partition coefficient (Wildman–Crippen LogP) is 3.82. The fourth-order valence-electron chi connectivity index (χ4n) is 5.18. The Morgan fingerprint density at radius 1 is 0.938 bits per heavy atom. The Balaban J connectivity index is 1.41. The van der Waals surface area contributed by atoms with Crippen LogP contribution in [0.25, 0.3) is 0 Å². The van der Waals surface area contributed by atoms with Crippen molar-refractivity contribution in [2.45, 2.75) is 51.2 Å². The van der Waals surface area contributed by atoms with Gasteiger partial charge in [0.1, 0.15) is 5.82 Å². The van der Waals surface area contributed by atoms with Crippen molar-refractivity contribution in [3.8, 4) is 0 Å². The summed E-state index contributed by atoms with van der Waals surface area (Å²) in [7, 11) is 0. The van der Waals surface area contributed by atoms with Crippen molar-refractivity contribution in [3.05, 3.63) is 76.9 Å². The zero-order chi connectivity index (χ0) is 21.9. The summed E-state index contributed by atoms with van der Waals surface area (Å²) in [5, 5.41) is 12.8. The molecule has 1 saturated heterocycles. The van der Waals surface area contributed by atoms with E-state index in [1.807, 2.05) is 4.68 Å². The number of rotatable bonds is 6. The Hall–Kier alpha value is -2.64. The summed E-state index contributed by atoms with van der Waals surface area (Å²) in [6, 6.07) is 16.0. The van der Waals surface area contributed by atoms with Crippen LogP contribution in [0.5, 0.6) is 0 Å². The maximum absolute atomic E-state index is 13.4. The van der Waals surface area contributed by atoms with E-state index in [4.69, 9.17) is 0 Å². The first-order chi connectivity index (χ1) is 15.7. The minimum Gasteiger partial charge on any atom is -0.298 e. The van der Waals surface area contributed by atoms with Gasteiger partial charge < -0.3 is 0 Å². The van der Waals surface area contributed by atoms with E-state index in [0.717, 1.165) is 43.6 Å². The molecule has 2 heterocycles. The fourth-order valence-corrected chi connectivity index (χ4v) is 5.18. The van der Waals surface area contributed by atoms with Crippen molar-refractivity contribution in [2.24, 2.45) is 0 Å². The van der Waals surface area contributed by atoms with E-state index in [1.165, 1.54) is 48.9 Å². The Bertz CT molecular complexity index is 1000. The number of nitrogens with zero attached hydrogens (tertiary/aromatic N) is 6. The van der Waals surface area contributed by atoms with Crippen LogP contribution in [0, 0.1) is 12.7 Å². The van der Waals surface area contributed by atoms with E-state index in [1.54, 1.807) is 12.1 Å². The van der Waals surface area contributed by atoms with Crippen LogP contribution in [0.15, 0.2) is 48.5 Å². The Kier molecular flexibility index (Phi) is 6.28. The molecule has 2 aliphatic rings. The smallest absolute Gasteiger partial charge is 0.173 e. The number of aryl methyl sites for hydroxylation is 1. The minimum absolute atomic E-state index is 0.00298. The molecule has 7 heteroatoms. The third kappa shape index (κ3) is 4.59. The quantitative estimate of drug-likeness (QED) is 0.590. The van der Waals surface area contributed by atoms with Gasteiger partial charge in [-0.05, 0) is 53.5 Å². The van der Waals surface area contributed by atoms with Crippen LogP contribution < -0.4 is 0 Å². The molecule has 1 aliphatic carbocycles. The van der Waals surface area contributed by atoms with E-state index < -0.39 is 0 Å². The lowest BCUT2D eigenvalue weighted by molar-refractivity contribution is 0.0771. The molecule has 1 aliphatic heterocycles. The molecule has 1 unspecified atom stereocenters. The maximum Gasteiger partial charge on any atom is 0.173 e. The van der Waals surface area contributed by atoms with Crippen molar-refractivity contribution < 1.29 is 4.39 Å². The molecule has 0 spiro atoms. The first-order valence-corrected chi connectivity index (χ1v) is 11.7. The molecule has 2 fully saturated rings. The first-order valence-electron chi connectivity index (χ1n) is 11.7. The summed E-state index contributed by atoms with van der Waals surface area (Å²) in [4.78, 5) is 5.19. The van der Waals surface area contributed by atoms with Crippen molar-refractivity contribution in [3.63, 3.8) is 0 Å². The fraction of sp³-hybridized carbons (Fsp3) is 0.480. The van der Waals surface area contributed by atoms with Gasteiger partial charge in [0.25, 0.3) is 0 Å². The number of halogens is 1. The second-order valence-corrected chi connectivity index (χ2v) is 9.14. The summed E-state index contributed by atoms with van der Waals surface area (Å²) in [5.74, 6) is 0.607.